The summed E-state index contributed by atoms with van der Waals surface area (Å²) in [7, 11) is 0. The van der Waals surface area contributed by atoms with Gasteiger partial charge in [0.25, 0.3) is 5.91 Å². The first-order valence-corrected chi connectivity index (χ1v) is 10.9. The fourth-order valence-electron chi connectivity index (χ4n) is 4.30. The monoisotopic (exact) mass is 421 g/mol. The van der Waals surface area contributed by atoms with Gasteiger partial charge in [-0.25, -0.2) is 0 Å². The Balaban J connectivity index is 1.50. The highest BCUT2D eigenvalue weighted by atomic mass is 16.5. The zero-order chi connectivity index (χ0) is 22.1. The Morgan fingerprint density at radius 1 is 1.06 bits per heavy atom. The molecule has 2 aromatic heterocycles. The van der Waals surface area contributed by atoms with Gasteiger partial charge in [0.05, 0.1) is 5.56 Å². The van der Waals surface area contributed by atoms with Crippen molar-refractivity contribution in [3.8, 4) is 5.82 Å². The normalized spacial score (nSPS) is 14.8. The molecule has 3 aromatic rings. The first kappa shape index (κ1) is 21.2. The minimum atomic E-state index is -0.119. The summed E-state index contributed by atoms with van der Waals surface area (Å²) in [4.78, 5) is 17.9. The molecule has 31 heavy (non-hydrogen) atoms. The number of benzene rings is 1. The van der Waals surface area contributed by atoms with Crippen LogP contribution in [0.15, 0.2) is 34.9 Å². The summed E-state index contributed by atoms with van der Waals surface area (Å²) in [5.74, 6) is 1.31. The highest BCUT2D eigenvalue weighted by Crippen LogP contribution is 2.26. The lowest BCUT2D eigenvalue weighted by molar-refractivity contribution is 0.102. The van der Waals surface area contributed by atoms with Crippen molar-refractivity contribution in [2.45, 2.75) is 34.6 Å². The van der Waals surface area contributed by atoms with Crippen molar-refractivity contribution in [3.05, 3.63) is 58.6 Å². The number of rotatable bonds is 5. The van der Waals surface area contributed by atoms with E-state index in [1.807, 2.05) is 50.5 Å². The summed E-state index contributed by atoms with van der Waals surface area (Å²) < 4.78 is 7.15. The van der Waals surface area contributed by atoms with Crippen molar-refractivity contribution < 1.29 is 9.32 Å². The minimum absolute atomic E-state index is 0.119. The number of amides is 1. The van der Waals surface area contributed by atoms with Crippen LogP contribution in [0.25, 0.3) is 5.82 Å². The van der Waals surface area contributed by atoms with Crippen molar-refractivity contribution >= 4 is 17.3 Å². The van der Waals surface area contributed by atoms with Crippen molar-refractivity contribution in [1.82, 2.24) is 14.6 Å². The molecule has 7 heteroatoms. The summed E-state index contributed by atoms with van der Waals surface area (Å²) in [6, 6.07) is 10.0. The van der Waals surface area contributed by atoms with E-state index >= 15 is 0 Å². The van der Waals surface area contributed by atoms with Crippen LogP contribution in [-0.4, -0.2) is 53.3 Å². The second-order valence-electron chi connectivity index (χ2n) is 8.29. The molecule has 0 atom stereocenters. The number of aromatic nitrogens is 2. The summed E-state index contributed by atoms with van der Waals surface area (Å²) >= 11 is 0. The first-order chi connectivity index (χ1) is 14.9. The third kappa shape index (κ3) is 4.23. The highest BCUT2D eigenvalue weighted by Gasteiger charge is 2.20. The molecule has 1 saturated heterocycles. The van der Waals surface area contributed by atoms with Crippen molar-refractivity contribution in [2.24, 2.45) is 0 Å². The van der Waals surface area contributed by atoms with Gasteiger partial charge in [0, 0.05) is 55.0 Å². The molecule has 3 heterocycles. The van der Waals surface area contributed by atoms with Crippen molar-refractivity contribution in [2.75, 3.05) is 42.9 Å². The molecule has 1 amide bonds. The van der Waals surface area contributed by atoms with Gasteiger partial charge in [0.2, 0.25) is 0 Å². The van der Waals surface area contributed by atoms with E-state index in [2.05, 4.69) is 39.3 Å². The van der Waals surface area contributed by atoms with Gasteiger partial charge in [-0.15, -0.1) is 0 Å². The number of nitrogens with zero attached hydrogens (tertiary/aromatic N) is 4. The van der Waals surface area contributed by atoms with Crippen LogP contribution in [-0.2, 0) is 0 Å². The molecular weight excluding hydrogens is 390 g/mol. The van der Waals surface area contributed by atoms with E-state index in [4.69, 9.17) is 4.52 Å². The molecule has 0 bridgehead atoms. The Kier molecular flexibility index (Phi) is 5.87. The molecule has 0 saturated carbocycles. The predicted molar refractivity (Wildman–Crippen MR) is 124 cm³/mol. The Bertz CT molecular complexity index is 1090. The lowest BCUT2D eigenvalue weighted by Crippen LogP contribution is -2.46. The fraction of sp³-hybridized carbons (Fsp3) is 0.417. The maximum Gasteiger partial charge on any atom is 0.257 e. The van der Waals surface area contributed by atoms with Gasteiger partial charge in [0.1, 0.15) is 5.76 Å². The maximum absolute atomic E-state index is 13.1. The number of piperazine rings is 1. The quantitative estimate of drug-likeness (QED) is 0.672. The molecule has 1 aliphatic heterocycles. The number of likely N-dealkylation sites (N-methyl/N-ethyl adjacent to an activating group) is 1. The average molecular weight is 422 g/mol. The van der Waals surface area contributed by atoms with Crippen LogP contribution in [0.4, 0.5) is 11.4 Å². The summed E-state index contributed by atoms with van der Waals surface area (Å²) in [5, 5.41) is 7.18. The van der Waals surface area contributed by atoms with E-state index < -0.39 is 0 Å². The number of anilines is 2. The summed E-state index contributed by atoms with van der Waals surface area (Å²) in [6.45, 7) is 15.4. The second kappa shape index (κ2) is 8.59. The van der Waals surface area contributed by atoms with Gasteiger partial charge in [-0.05, 0) is 64.1 Å². The number of carbonyl (C=O) groups is 1. The Morgan fingerprint density at radius 2 is 1.81 bits per heavy atom. The van der Waals surface area contributed by atoms with Gasteiger partial charge in [-0.1, -0.05) is 12.1 Å². The van der Waals surface area contributed by atoms with E-state index in [-0.39, 0.29) is 5.91 Å². The van der Waals surface area contributed by atoms with Gasteiger partial charge in [-0.2, -0.15) is 0 Å². The molecule has 1 fully saturated rings. The zero-order valence-electron chi connectivity index (χ0n) is 19.0. The second-order valence-corrected chi connectivity index (χ2v) is 8.29. The van der Waals surface area contributed by atoms with Crippen LogP contribution in [0.2, 0.25) is 0 Å². The van der Waals surface area contributed by atoms with Crippen LogP contribution in [0.3, 0.4) is 0 Å². The number of carbonyl (C=O) groups excluding carboxylic acids is 1. The van der Waals surface area contributed by atoms with Crippen LogP contribution < -0.4 is 10.2 Å². The number of hydrogen-bond acceptors (Lipinski definition) is 5. The van der Waals surface area contributed by atoms with E-state index in [9.17, 15) is 4.79 Å². The summed E-state index contributed by atoms with van der Waals surface area (Å²) in [5.41, 5.74) is 5.52. The van der Waals surface area contributed by atoms with Crippen LogP contribution in [0.1, 0.15) is 40.0 Å². The molecule has 7 nitrogen and oxygen atoms in total. The Labute approximate surface area is 183 Å². The van der Waals surface area contributed by atoms with Crippen molar-refractivity contribution in [3.63, 3.8) is 0 Å². The smallest absolute Gasteiger partial charge is 0.257 e. The van der Waals surface area contributed by atoms with E-state index in [0.717, 1.165) is 61.1 Å². The molecule has 0 unspecified atom stereocenters. The molecule has 1 aliphatic rings. The molecule has 0 radical (unpaired) electrons. The van der Waals surface area contributed by atoms with E-state index in [1.165, 1.54) is 5.69 Å². The van der Waals surface area contributed by atoms with Crippen LogP contribution in [0.5, 0.6) is 0 Å². The molecule has 4 rings (SSSR count). The molecule has 1 N–H and O–H groups in total. The van der Waals surface area contributed by atoms with Gasteiger partial charge < -0.3 is 19.6 Å². The van der Waals surface area contributed by atoms with Crippen LogP contribution in [0, 0.1) is 27.7 Å². The minimum Gasteiger partial charge on any atom is -0.369 e. The predicted octanol–water partition coefficient (Wildman–Crippen LogP) is 4.09. The topological polar surface area (TPSA) is 66.5 Å². The van der Waals surface area contributed by atoms with E-state index in [0.29, 0.717) is 11.4 Å². The third-order valence-electron chi connectivity index (χ3n) is 6.16. The number of aryl methyl sites for hydroxylation is 3. The third-order valence-corrected chi connectivity index (χ3v) is 6.16. The fourth-order valence-corrected chi connectivity index (χ4v) is 4.30. The molecule has 164 valence electrons. The van der Waals surface area contributed by atoms with Gasteiger partial charge in [-0.3, -0.25) is 9.36 Å². The Morgan fingerprint density at radius 3 is 2.42 bits per heavy atom. The number of hydrogen-bond donors (Lipinski definition) is 1. The highest BCUT2D eigenvalue weighted by molar-refractivity contribution is 6.05. The first-order valence-electron chi connectivity index (χ1n) is 10.9. The molecule has 0 spiro atoms. The zero-order valence-corrected chi connectivity index (χ0v) is 19.0. The Hall–Kier alpha value is -3.06. The SMILES string of the molecule is CCN1CCN(c2ccc(NC(=O)c3cc(C)n(-c4cc(C)on4)c3C)c(C)c2)CC1. The molecule has 0 aliphatic carbocycles. The van der Waals surface area contributed by atoms with Crippen molar-refractivity contribution in [1.29, 1.82) is 0 Å². The number of nitrogens with one attached hydrogen (secondary N) is 1. The lowest BCUT2D eigenvalue weighted by Gasteiger charge is -2.35. The van der Waals surface area contributed by atoms with Gasteiger partial charge >= 0.3 is 0 Å². The van der Waals surface area contributed by atoms with E-state index in [1.54, 1.807) is 0 Å². The van der Waals surface area contributed by atoms with Crippen LogP contribution >= 0.6 is 0 Å². The standard InChI is InChI=1S/C24H31N5O2/c1-6-27-9-11-28(12-10-27)20-7-8-22(16(2)13-20)25-24(30)21-14-17(3)29(19(21)5)23-15-18(4)31-26-23/h7-8,13-15H,6,9-12H2,1-5H3,(H,25,30). The molecule has 1 aromatic carbocycles. The summed E-state index contributed by atoms with van der Waals surface area (Å²) in [6.07, 6.45) is 0. The maximum atomic E-state index is 13.1. The molecular formula is C24H31N5O2. The average Bonchev–Trinajstić information content (AvgIpc) is 3.31. The largest absolute Gasteiger partial charge is 0.369 e. The lowest BCUT2D eigenvalue weighted by atomic mass is 10.1. The van der Waals surface area contributed by atoms with Gasteiger partial charge in [0.15, 0.2) is 5.82 Å².